The first-order valence-corrected chi connectivity index (χ1v) is 7.27. The fraction of sp³-hybridized carbons (Fsp3) is 0.400. The highest BCUT2D eigenvalue weighted by Crippen LogP contribution is 2.25. The second-order valence-electron chi connectivity index (χ2n) is 5.35. The number of rotatable bonds is 3. The number of nitro groups is 1. The largest absolute Gasteiger partial charge is 0.341 e. The molecule has 1 aromatic heterocycles. The Balaban J connectivity index is 1.84. The zero-order valence-electron chi connectivity index (χ0n) is 11.7. The zero-order valence-corrected chi connectivity index (χ0v) is 11.7. The van der Waals surface area contributed by atoms with Crippen LogP contribution in [0.25, 0.3) is 11.3 Å². The van der Waals surface area contributed by atoms with E-state index in [1.807, 2.05) is 6.07 Å². The molecule has 1 unspecified atom stereocenters. The van der Waals surface area contributed by atoms with Crippen LogP contribution in [0, 0.1) is 10.1 Å². The Kier molecular flexibility index (Phi) is 3.96. The summed E-state index contributed by atoms with van der Waals surface area (Å²) in [5, 5.41) is 14.3. The van der Waals surface area contributed by atoms with E-state index in [9.17, 15) is 10.1 Å². The number of aromatic nitrogens is 2. The van der Waals surface area contributed by atoms with Gasteiger partial charge in [0.15, 0.2) is 0 Å². The molecule has 2 aromatic rings. The minimum Gasteiger partial charge on any atom is -0.341 e. The van der Waals surface area contributed by atoms with Crippen molar-refractivity contribution in [2.45, 2.75) is 31.7 Å². The van der Waals surface area contributed by atoms with E-state index in [0.717, 1.165) is 30.0 Å². The van der Waals surface area contributed by atoms with Gasteiger partial charge >= 0.3 is 0 Å². The van der Waals surface area contributed by atoms with Crippen LogP contribution in [0.1, 0.15) is 37.5 Å². The molecule has 1 aliphatic rings. The number of benzene rings is 1. The van der Waals surface area contributed by atoms with E-state index in [1.165, 1.54) is 25.3 Å². The Morgan fingerprint density at radius 3 is 3.05 bits per heavy atom. The first-order valence-electron chi connectivity index (χ1n) is 7.27. The van der Waals surface area contributed by atoms with Gasteiger partial charge in [-0.15, -0.1) is 0 Å². The second kappa shape index (κ2) is 6.05. The first kappa shape index (κ1) is 13.8. The summed E-state index contributed by atoms with van der Waals surface area (Å²) in [5.41, 5.74) is 1.70. The number of hydrogen-bond acceptors (Lipinski definition) is 4. The van der Waals surface area contributed by atoms with Crippen molar-refractivity contribution in [1.82, 2.24) is 15.3 Å². The number of hydrogen-bond donors (Lipinski definition) is 2. The molecule has 3 rings (SSSR count). The zero-order chi connectivity index (χ0) is 14.7. The van der Waals surface area contributed by atoms with Crippen LogP contribution < -0.4 is 5.32 Å². The van der Waals surface area contributed by atoms with Crippen LogP contribution in [-0.2, 0) is 0 Å². The summed E-state index contributed by atoms with van der Waals surface area (Å²) in [7, 11) is 0. The summed E-state index contributed by atoms with van der Waals surface area (Å²) in [6, 6.07) is 6.86. The number of nitrogens with one attached hydrogen (secondary N) is 2. The van der Waals surface area contributed by atoms with E-state index in [1.54, 1.807) is 18.3 Å². The van der Waals surface area contributed by atoms with Gasteiger partial charge < -0.3 is 10.3 Å². The highest BCUT2D eigenvalue weighted by molar-refractivity contribution is 5.62. The van der Waals surface area contributed by atoms with Gasteiger partial charge in [0.25, 0.3) is 5.69 Å². The van der Waals surface area contributed by atoms with Gasteiger partial charge in [0, 0.05) is 17.7 Å². The number of aromatic amines is 1. The Bertz CT molecular complexity index is 630. The maximum absolute atomic E-state index is 10.8. The summed E-state index contributed by atoms with van der Waals surface area (Å²) in [6.07, 6.45) is 6.48. The van der Waals surface area contributed by atoms with Crippen LogP contribution in [-0.4, -0.2) is 21.4 Å². The molecule has 0 bridgehead atoms. The minimum atomic E-state index is -0.381. The minimum absolute atomic E-state index is 0.0937. The molecule has 1 fully saturated rings. The molecule has 0 aliphatic carbocycles. The lowest BCUT2D eigenvalue weighted by atomic mass is 10.1. The second-order valence-corrected chi connectivity index (χ2v) is 5.35. The topological polar surface area (TPSA) is 83.8 Å². The predicted octanol–water partition coefficient (Wildman–Crippen LogP) is 3.19. The number of H-pyrrole nitrogens is 1. The fourth-order valence-corrected chi connectivity index (χ4v) is 2.71. The van der Waals surface area contributed by atoms with E-state index in [4.69, 9.17) is 0 Å². The molecule has 0 amide bonds. The molecular formula is C15H18N4O2. The third-order valence-electron chi connectivity index (χ3n) is 3.85. The monoisotopic (exact) mass is 286 g/mol. The van der Waals surface area contributed by atoms with Crippen molar-refractivity contribution in [2.75, 3.05) is 6.54 Å². The van der Waals surface area contributed by atoms with Crippen molar-refractivity contribution in [3.63, 3.8) is 0 Å². The Hall–Kier alpha value is -2.21. The van der Waals surface area contributed by atoms with Gasteiger partial charge in [-0.2, -0.15) is 0 Å². The molecule has 0 radical (unpaired) electrons. The number of imidazole rings is 1. The van der Waals surface area contributed by atoms with Gasteiger partial charge in [-0.05, 0) is 19.4 Å². The van der Waals surface area contributed by atoms with Crippen molar-refractivity contribution in [3.8, 4) is 11.3 Å². The molecule has 1 atom stereocenters. The first-order chi connectivity index (χ1) is 10.2. The quantitative estimate of drug-likeness (QED) is 0.670. The van der Waals surface area contributed by atoms with Crippen LogP contribution in [0.5, 0.6) is 0 Å². The van der Waals surface area contributed by atoms with Crippen LogP contribution >= 0.6 is 0 Å². The van der Waals surface area contributed by atoms with Gasteiger partial charge in [0.2, 0.25) is 0 Å². The predicted molar refractivity (Wildman–Crippen MR) is 79.9 cm³/mol. The lowest BCUT2D eigenvalue weighted by Crippen LogP contribution is -2.21. The van der Waals surface area contributed by atoms with E-state index >= 15 is 0 Å². The van der Waals surface area contributed by atoms with Crippen molar-refractivity contribution in [3.05, 3.63) is 46.4 Å². The molecule has 110 valence electrons. The van der Waals surface area contributed by atoms with Crippen LogP contribution in [0.4, 0.5) is 5.69 Å². The molecule has 1 aliphatic heterocycles. The van der Waals surface area contributed by atoms with E-state index in [0.29, 0.717) is 0 Å². The molecule has 1 saturated heterocycles. The van der Waals surface area contributed by atoms with Crippen molar-refractivity contribution >= 4 is 5.69 Å². The highest BCUT2D eigenvalue weighted by atomic mass is 16.6. The molecule has 6 heteroatoms. The molecule has 2 heterocycles. The van der Waals surface area contributed by atoms with Crippen molar-refractivity contribution in [1.29, 1.82) is 0 Å². The molecule has 0 saturated carbocycles. The summed E-state index contributed by atoms with van der Waals surface area (Å²) in [6.45, 7) is 1.01. The fourth-order valence-electron chi connectivity index (χ4n) is 2.71. The van der Waals surface area contributed by atoms with Crippen LogP contribution in [0.15, 0.2) is 30.5 Å². The molecule has 0 spiro atoms. The lowest BCUT2D eigenvalue weighted by Gasteiger charge is -2.12. The molecule has 21 heavy (non-hydrogen) atoms. The third kappa shape index (κ3) is 3.11. The SMILES string of the molecule is O=[N+]([O-])c1cccc(-c2cnc(C3CCCCCN3)[nH]2)c1. The van der Waals surface area contributed by atoms with Gasteiger partial charge in [-0.3, -0.25) is 10.1 Å². The van der Waals surface area contributed by atoms with Crippen molar-refractivity contribution in [2.24, 2.45) is 0 Å². The number of non-ortho nitro benzene ring substituents is 1. The van der Waals surface area contributed by atoms with E-state index in [-0.39, 0.29) is 16.7 Å². The summed E-state index contributed by atoms with van der Waals surface area (Å²) in [5.74, 6) is 0.915. The maximum atomic E-state index is 10.8. The average molecular weight is 286 g/mol. The molecule has 2 N–H and O–H groups in total. The smallest absolute Gasteiger partial charge is 0.270 e. The van der Waals surface area contributed by atoms with Gasteiger partial charge in [0.1, 0.15) is 5.82 Å². The Labute approximate surface area is 122 Å². The molecule has 1 aromatic carbocycles. The highest BCUT2D eigenvalue weighted by Gasteiger charge is 2.17. The van der Waals surface area contributed by atoms with Crippen molar-refractivity contribution < 1.29 is 4.92 Å². The summed E-state index contributed by atoms with van der Waals surface area (Å²) in [4.78, 5) is 18.2. The van der Waals surface area contributed by atoms with E-state index in [2.05, 4.69) is 15.3 Å². The Morgan fingerprint density at radius 1 is 1.29 bits per heavy atom. The number of nitro benzene ring substituents is 1. The van der Waals surface area contributed by atoms with Gasteiger partial charge in [-0.1, -0.05) is 25.0 Å². The van der Waals surface area contributed by atoms with E-state index < -0.39 is 0 Å². The maximum Gasteiger partial charge on any atom is 0.270 e. The third-order valence-corrected chi connectivity index (χ3v) is 3.85. The normalized spacial score (nSPS) is 19.1. The standard InChI is InChI=1S/C15H18N4O2/c20-19(21)12-6-4-5-11(9-12)14-10-17-15(18-14)13-7-2-1-3-8-16-13/h4-6,9-10,13,16H,1-3,7-8H2,(H,17,18). The number of nitrogens with zero attached hydrogens (tertiary/aromatic N) is 2. The van der Waals surface area contributed by atoms with Gasteiger partial charge in [-0.25, -0.2) is 4.98 Å². The van der Waals surface area contributed by atoms with Gasteiger partial charge in [0.05, 0.1) is 22.9 Å². The Morgan fingerprint density at radius 2 is 2.19 bits per heavy atom. The summed E-state index contributed by atoms with van der Waals surface area (Å²) < 4.78 is 0. The van der Waals surface area contributed by atoms with Crippen LogP contribution in [0.3, 0.4) is 0 Å². The summed E-state index contributed by atoms with van der Waals surface area (Å²) >= 11 is 0. The van der Waals surface area contributed by atoms with Crippen LogP contribution in [0.2, 0.25) is 0 Å². The molecular weight excluding hydrogens is 268 g/mol. The lowest BCUT2D eigenvalue weighted by molar-refractivity contribution is -0.384. The average Bonchev–Trinajstić information content (AvgIpc) is 2.83. The molecule has 6 nitrogen and oxygen atoms in total.